The lowest BCUT2D eigenvalue weighted by molar-refractivity contribution is 0.102. The van der Waals surface area contributed by atoms with Crippen LogP contribution in [-0.4, -0.2) is 11.9 Å². The van der Waals surface area contributed by atoms with Crippen LogP contribution in [0.15, 0.2) is 46.9 Å². The number of urea groups is 1. The largest absolute Gasteiger partial charge is 0.351 e. The van der Waals surface area contributed by atoms with Gasteiger partial charge in [0.25, 0.3) is 5.91 Å². The first-order valence-electron chi connectivity index (χ1n) is 5.88. The third-order valence-electron chi connectivity index (χ3n) is 2.59. The van der Waals surface area contributed by atoms with E-state index < -0.39 is 17.8 Å². The maximum Gasteiger partial charge on any atom is 0.316 e. The molecule has 0 aromatic heterocycles. The van der Waals surface area contributed by atoms with Gasteiger partial charge in [-0.15, -0.1) is 0 Å². The summed E-state index contributed by atoms with van der Waals surface area (Å²) in [5.74, 6) is -1.18. The molecule has 0 aliphatic carbocycles. The van der Waals surface area contributed by atoms with E-state index in [2.05, 4.69) is 26.6 Å². The summed E-state index contributed by atoms with van der Waals surface area (Å²) in [6, 6.07) is 9.78. The molecule has 0 fully saturated rings. The van der Waals surface area contributed by atoms with Crippen LogP contribution in [0.2, 0.25) is 0 Å². The van der Waals surface area contributed by atoms with E-state index in [9.17, 15) is 14.0 Å². The van der Waals surface area contributed by atoms with Crippen LogP contribution in [-0.2, 0) is 0 Å². The third-order valence-corrected chi connectivity index (χ3v) is 3.08. The van der Waals surface area contributed by atoms with Crippen molar-refractivity contribution >= 4 is 39.2 Å². The molecule has 0 radical (unpaired) electrons. The minimum atomic E-state index is -0.677. The molecule has 0 bridgehead atoms. The van der Waals surface area contributed by atoms with Crippen LogP contribution >= 0.6 is 15.9 Å². The molecule has 4 N–H and O–H groups in total. The van der Waals surface area contributed by atoms with E-state index in [1.54, 1.807) is 30.3 Å². The molecule has 0 atom stereocenters. The summed E-state index contributed by atoms with van der Waals surface area (Å²) < 4.78 is 14.2. The average molecular weight is 352 g/mol. The van der Waals surface area contributed by atoms with E-state index in [0.29, 0.717) is 15.8 Å². The predicted octanol–water partition coefficient (Wildman–Crippen LogP) is 3.33. The third kappa shape index (κ3) is 4.03. The molecule has 7 heteroatoms. The highest BCUT2D eigenvalue weighted by molar-refractivity contribution is 9.10. The Balaban J connectivity index is 2.10. The summed E-state index contributed by atoms with van der Waals surface area (Å²) in [6.07, 6.45) is 0. The highest BCUT2D eigenvalue weighted by atomic mass is 79.9. The number of halogens is 2. The summed E-state index contributed by atoms with van der Waals surface area (Å²) in [6.45, 7) is 0. The van der Waals surface area contributed by atoms with E-state index in [0.717, 1.165) is 0 Å². The monoisotopic (exact) mass is 351 g/mol. The van der Waals surface area contributed by atoms with Gasteiger partial charge in [-0.25, -0.2) is 9.18 Å². The molecule has 2 rings (SSSR count). The molecule has 3 amide bonds. The molecule has 0 aliphatic rings. The number of benzene rings is 2. The Morgan fingerprint density at radius 1 is 1.00 bits per heavy atom. The van der Waals surface area contributed by atoms with Gasteiger partial charge in [0.1, 0.15) is 5.82 Å². The highest BCUT2D eigenvalue weighted by Gasteiger charge is 2.12. The smallest absolute Gasteiger partial charge is 0.316 e. The summed E-state index contributed by atoms with van der Waals surface area (Å²) in [7, 11) is 0. The van der Waals surface area contributed by atoms with Crippen molar-refractivity contribution in [1.29, 1.82) is 0 Å². The molecule has 0 saturated carbocycles. The lowest BCUT2D eigenvalue weighted by Crippen LogP contribution is -2.19. The van der Waals surface area contributed by atoms with Gasteiger partial charge >= 0.3 is 6.03 Å². The second kappa shape index (κ2) is 6.36. The van der Waals surface area contributed by atoms with E-state index in [-0.39, 0.29) is 5.56 Å². The van der Waals surface area contributed by atoms with Crippen LogP contribution in [0.3, 0.4) is 0 Å². The van der Waals surface area contributed by atoms with Crippen LogP contribution < -0.4 is 16.4 Å². The van der Waals surface area contributed by atoms with Crippen LogP contribution in [0.4, 0.5) is 20.6 Å². The second-order valence-corrected chi connectivity index (χ2v) is 5.06. The summed E-state index contributed by atoms with van der Waals surface area (Å²) in [5.41, 5.74) is 5.89. The van der Waals surface area contributed by atoms with Crippen molar-refractivity contribution in [3.63, 3.8) is 0 Å². The van der Waals surface area contributed by atoms with Crippen molar-refractivity contribution in [3.8, 4) is 0 Å². The minimum Gasteiger partial charge on any atom is -0.351 e. The zero-order valence-corrected chi connectivity index (χ0v) is 12.3. The van der Waals surface area contributed by atoms with Crippen molar-refractivity contribution in [2.24, 2.45) is 5.73 Å². The number of hydrogen-bond donors (Lipinski definition) is 3. The number of amides is 3. The quantitative estimate of drug-likeness (QED) is 0.792. The Hall–Kier alpha value is -2.41. The van der Waals surface area contributed by atoms with Gasteiger partial charge in [-0.2, -0.15) is 0 Å². The molecule has 0 heterocycles. The van der Waals surface area contributed by atoms with Crippen LogP contribution in [0.5, 0.6) is 0 Å². The van der Waals surface area contributed by atoms with E-state index >= 15 is 0 Å². The van der Waals surface area contributed by atoms with Gasteiger partial charge in [0.05, 0.1) is 5.56 Å². The predicted molar refractivity (Wildman–Crippen MR) is 81.7 cm³/mol. The number of carbonyl (C=O) groups is 2. The first-order valence-corrected chi connectivity index (χ1v) is 6.68. The van der Waals surface area contributed by atoms with Gasteiger partial charge in [-0.3, -0.25) is 4.79 Å². The molecule has 0 saturated heterocycles. The standard InChI is InChI=1S/C14H11BrFN3O2/c15-8-1-6-11(12(16)7-8)13(20)18-9-2-4-10(5-3-9)19-14(17)21/h1-7H,(H,18,20)(H3,17,19,21). The minimum absolute atomic E-state index is 0.0578. The number of rotatable bonds is 3. The SMILES string of the molecule is NC(=O)Nc1ccc(NC(=O)c2ccc(Br)cc2F)cc1. The van der Waals surface area contributed by atoms with Crippen LogP contribution in [0.1, 0.15) is 10.4 Å². The van der Waals surface area contributed by atoms with Crippen LogP contribution in [0.25, 0.3) is 0 Å². The molecule has 108 valence electrons. The van der Waals surface area contributed by atoms with Crippen molar-refractivity contribution in [1.82, 2.24) is 0 Å². The van der Waals surface area contributed by atoms with Gasteiger partial charge in [0.2, 0.25) is 0 Å². The molecular formula is C14H11BrFN3O2. The lowest BCUT2D eigenvalue weighted by Gasteiger charge is -2.07. The molecular weight excluding hydrogens is 341 g/mol. The number of nitrogens with one attached hydrogen (secondary N) is 2. The fourth-order valence-electron chi connectivity index (χ4n) is 1.65. The van der Waals surface area contributed by atoms with Gasteiger partial charge < -0.3 is 16.4 Å². The fourth-order valence-corrected chi connectivity index (χ4v) is 1.98. The summed E-state index contributed by atoms with van der Waals surface area (Å²) in [4.78, 5) is 22.6. The maximum atomic E-state index is 13.7. The summed E-state index contributed by atoms with van der Waals surface area (Å²) in [5, 5.41) is 4.95. The van der Waals surface area contributed by atoms with Crippen molar-refractivity contribution in [3.05, 3.63) is 58.3 Å². The normalized spacial score (nSPS) is 10.0. The van der Waals surface area contributed by atoms with E-state index in [1.807, 2.05) is 0 Å². The number of hydrogen-bond acceptors (Lipinski definition) is 2. The Bertz CT molecular complexity index is 689. The maximum absolute atomic E-state index is 13.7. The van der Waals surface area contributed by atoms with E-state index in [4.69, 9.17) is 5.73 Å². The average Bonchev–Trinajstić information content (AvgIpc) is 2.40. The van der Waals surface area contributed by atoms with Gasteiger partial charge in [0.15, 0.2) is 0 Å². The first-order chi connectivity index (χ1) is 9.95. The number of nitrogens with two attached hydrogens (primary N) is 1. The molecule has 21 heavy (non-hydrogen) atoms. The van der Waals surface area contributed by atoms with Crippen molar-refractivity contribution in [2.45, 2.75) is 0 Å². The van der Waals surface area contributed by atoms with Gasteiger partial charge in [-0.05, 0) is 42.5 Å². The van der Waals surface area contributed by atoms with Crippen molar-refractivity contribution < 1.29 is 14.0 Å². The van der Waals surface area contributed by atoms with E-state index in [1.165, 1.54) is 12.1 Å². The number of carbonyl (C=O) groups excluding carboxylic acids is 2. The Morgan fingerprint density at radius 2 is 1.57 bits per heavy atom. The molecule has 2 aromatic carbocycles. The van der Waals surface area contributed by atoms with Gasteiger partial charge in [0, 0.05) is 15.8 Å². The molecule has 0 spiro atoms. The molecule has 0 unspecified atom stereocenters. The van der Waals surface area contributed by atoms with Gasteiger partial charge in [-0.1, -0.05) is 15.9 Å². The Morgan fingerprint density at radius 3 is 2.10 bits per heavy atom. The zero-order chi connectivity index (χ0) is 15.4. The topological polar surface area (TPSA) is 84.2 Å². The lowest BCUT2D eigenvalue weighted by atomic mass is 10.2. The Kier molecular flexibility index (Phi) is 4.54. The number of anilines is 2. The fraction of sp³-hybridized carbons (Fsp3) is 0. The molecule has 2 aromatic rings. The first kappa shape index (κ1) is 15.0. The number of primary amides is 1. The molecule has 5 nitrogen and oxygen atoms in total. The second-order valence-electron chi connectivity index (χ2n) is 4.14. The summed E-state index contributed by atoms with van der Waals surface area (Å²) >= 11 is 3.12. The van der Waals surface area contributed by atoms with Crippen molar-refractivity contribution in [2.75, 3.05) is 10.6 Å². The highest BCUT2D eigenvalue weighted by Crippen LogP contribution is 2.18. The Labute approximate surface area is 128 Å². The molecule has 0 aliphatic heterocycles. The van der Waals surface area contributed by atoms with Crippen LogP contribution in [0, 0.1) is 5.82 Å². The zero-order valence-electron chi connectivity index (χ0n) is 10.7.